The molecule has 0 aliphatic heterocycles. The van der Waals surface area contributed by atoms with Crippen molar-refractivity contribution in [3.05, 3.63) is 22.3 Å². The number of halogens is 2. The van der Waals surface area contributed by atoms with Gasteiger partial charge in [0.05, 0.1) is 15.3 Å². The molecule has 0 unspecified atom stereocenters. The Labute approximate surface area is 124 Å². The largest absolute Gasteiger partial charge is 0.355 e. The molecule has 1 N–H and O–H groups in total. The Hall–Kier alpha value is -0.980. The molecule has 0 bridgehead atoms. The average molecular weight is 319 g/mol. The Morgan fingerprint density at radius 1 is 1.53 bits per heavy atom. The molecule has 0 fully saturated rings. The molecule has 0 aliphatic rings. The summed E-state index contributed by atoms with van der Waals surface area (Å²) in [5.41, 5.74) is 0.525. The molecule has 2 aromatic heterocycles. The second kappa shape index (κ2) is 5.98. The molecule has 19 heavy (non-hydrogen) atoms. The second-order valence-electron chi connectivity index (χ2n) is 3.84. The maximum Gasteiger partial charge on any atom is 0.233 e. The zero-order valence-corrected chi connectivity index (χ0v) is 12.7. The predicted molar refractivity (Wildman–Crippen MR) is 77.0 cm³/mol. The van der Waals surface area contributed by atoms with Crippen molar-refractivity contribution in [3.63, 3.8) is 0 Å². The van der Waals surface area contributed by atoms with Gasteiger partial charge in [0.1, 0.15) is 0 Å². The van der Waals surface area contributed by atoms with E-state index in [1.807, 2.05) is 13.8 Å². The van der Waals surface area contributed by atoms with Crippen molar-refractivity contribution in [1.29, 1.82) is 0 Å². The van der Waals surface area contributed by atoms with Crippen LogP contribution in [0.15, 0.2) is 17.4 Å². The number of nitrogens with zero attached hydrogens (tertiary/aromatic N) is 3. The quantitative estimate of drug-likeness (QED) is 0.880. The Morgan fingerprint density at radius 3 is 2.95 bits per heavy atom. The van der Waals surface area contributed by atoms with Gasteiger partial charge in [-0.1, -0.05) is 35.0 Å². The van der Waals surface area contributed by atoms with E-state index in [9.17, 15) is 4.79 Å². The fourth-order valence-corrected chi connectivity index (χ4v) is 2.87. The third-order valence-corrected chi connectivity index (χ3v) is 3.94. The van der Waals surface area contributed by atoms with Crippen LogP contribution in [0.5, 0.6) is 0 Å². The molecule has 0 aromatic carbocycles. The molecule has 1 amide bonds. The van der Waals surface area contributed by atoms with Crippen molar-refractivity contribution in [3.8, 4) is 0 Å². The molecule has 2 rings (SSSR count). The van der Waals surface area contributed by atoms with Crippen molar-refractivity contribution < 1.29 is 4.79 Å². The van der Waals surface area contributed by atoms with Crippen molar-refractivity contribution in [1.82, 2.24) is 19.9 Å². The highest BCUT2D eigenvalue weighted by Gasteiger charge is 2.18. The lowest BCUT2D eigenvalue weighted by molar-refractivity contribution is -0.120. The van der Waals surface area contributed by atoms with Crippen LogP contribution in [0.2, 0.25) is 10.0 Å². The number of thioether (sulfide) groups is 1. The van der Waals surface area contributed by atoms with Gasteiger partial charge in [0.25, 0.3) is 0 Å². The zero-order chi connectivity index (χ0) is 14.0. The van der Waals surface area contributed by atoms with Crippen LogP contribution in [0.1, 0.15) is 13.8 Å². The van der Waals surface area contributed by atoms with Gasteiger partial charge in [-0.2, -0.15) is 0 Å². The molecule has 0 aliphatic carbocycles. The summed E-state index contributed by atoms with van der Waals surface area (Å²) in [5.74, 6) is -0.0441. The van der Waals surface area contributed by atoms with Crippen LogP contribution in [0.25, 0.3) is 5.65 Å². The van der Waals surface area contributed by atoms with E-state index in [1.165, 1.54) is 11.8 Å². The Balaban J connectivity index is 2.29. The molecule has 1 atom stereocenters. The smallest absolute Gasteiger partial charge is 0.233 e. The van der Waals surface area contributed by atoms with Crippen molar-refractivity contribution in [2.45, 2.75) is 24.3 Å². The summed E-state index contributed by atoms with van der Waals surface area (Å²) in [6.07, 6.45) is 1.68. The first-order valence-corrected chi connectivity index (χ1v) is 7.30. The van der Waals surface area contributed by atoms with Gasteiger partial charge in [-0.05, 0) is 19.9 Å². The summed E-state index contributed by atoms with van der Waals surface area (Å²) < 4.78 is 1.69. The molecule has 0 radical (unpaired) electrons. The van der Waals surface area contributed by atoms with E-state index in [-0.39, 0.29) is 11.2 Å². The van der Waals surface area contributed by atoms with E-state index in [0.29, 0.717) is 27.4 Å². The molecule has 0 saturated heterocycles. The molecule has 8 heteroatoms. The lowest BCUT2D eigenvalue weighted by Gasteiger charge is -2.09. The first-order chi connectivity index (χ1) is 9.02. The van der Waals surface area contributed by atoms with Crippen LogP contribution in [0.3, 0.4) is 0 Å². The SMILES string of the molecule is CCNC(=O)[C@H](C)Sc1nnc2c(Cl)cc(Cl)cn12. The van der Waals surface area contributed by atoms with E-state index < -0.39 is 0 Å². The summed E-state index contributed by atoms with van der Waals surface area (Å²) in [4.78, 5) is 11.7. The van der Waals surface area contributed by atoms with E-state index >= 15 is 0 Å². The van der Waals surface area contributed by atoms with Gasteiger partial charge >= 0.3 is 0 Å². The zero-order valence-electron chi connectivity index (χ0n) is 10.4. The Kier molecular flexibility index (Phi) is 4.54. The van der Waals surface area contributed by atoms with E-state index in [1.54, 1.807) is 16.7 Å². The van der Waals surface area contributed by atoms with Gasteiger partial charge in [-0.3, -0.25) is 9.20 Å². The number of amides is 1. The highest BCUT2D eigenvalue weighted by Crippen LogP contribution is 2.27. The van der Waals surface area contributed by atoms with Gasteiger partial charge in [0, 0.05) is 12.7 Å². The first kappa shape index (κ1) is 14.4. The van der Waals surface area contributed by atoms with E-state index in [2.05, 4.69) is 15.5 Å². The van der Waals surface area contributed by atoms with Crippen LogP contribution < -0.4 is 5.32 Å². The van der Waals surface area contributed by atoms with Crippen molar-refractivity contribution in [2.75, 3.05) is 6.54 Å². The maximum absolute atomic E-state index is 11.7. The Morgan fingerprint density at radius 2 is 2.26 bits per heavy atom. The second-order valence-corrected chi connectivity index (χ2v) is 5.99. The standard InChI is InChI=1S/C11H12Cl2N4OS/c1-3-14-10(18)6(2)19-11-16-15-9-8(13)4-7(12)5-17(9)11/h4-6H,3H2,1-2H3,(H,14,18)/t6-/m0/s1. The molecule has 102 valence electrons. The number of carbonyl (C=O) groups excluding carboxylic acids is 1. The van der Waals surface area contributed by atoms with E-state index in [0.717, 1.165) is 0 Å². The van der Waals surface area contributed by atoms with Gasteiger partial charge in [0.2, 0.25) is 5.91 Å². The van der Waals surface area contributed by atoms with Crippen molar-refractivity contribution in [2.24, 2.45) is 0 Å². The minimum atomic E-state index is -0.273. The lowest BCUT2D eigenvalue weighted by atomic mass is 10.4. The number of aromatic nitrogens is 3. The molecule has 0 saturated carbocycles. The van der Waals surface area contributed by atoms with Crippen LogP contribution in [0, 0.1) is 0 Å². The summed E-state index contributed by atoms with van der Waals surface area (Å²) in [6, 6.07) is 1.61. The number of carbonyl (C=O) groups is 1. The monoisotopic (exact) mass is 318 g/mol. The molecule has 0 spiro atoms. The van der Waals surface area contributed by atoms with Crippen LogP contribution >= 0.6 is 35.0 Å². The molecule has 2 aromatic rings. The maximum atomic E-state index is 11.7. The van der Waals surface area contributed by atoms with Gasteiger partial charge in [-0.15, -0.1) is 10.2 Å². The van der Waals surface area contributed by atoms with Crippen molar-refractivity contribution >= 4 is 46.5 Å². The third-order valence-electron chi connectivity index (χ3n) is 2.40. The highest BCUT2D eigenvalue weighted by atomic mass is 35.5. The van der Waals surface area contributed by atoms with Gasteiger partial charge < -0.3 is 5.32 Å². The summed E-state index contributed by atoms with van der Waals surface area (Å²) in [5, 5.41) is 12.0. The predicted octanol–water partition coefficient (Wildman–Crippen LogP) is 2.65. The highest BCUT2D eigenvalue weighted by molar-refractivity contribution is 8.00. The third kappa shape index (κ3) is 3.13. The average Bonchev–Trinajstić information content (AvgIpc) is 2.73. The number of nitrogens with one attached hydrogen (secondary N) is 1. The van der Waals surface area contributed by atoms with Crippen LogP contribution in [-0.4, -0.2) is 32.3 Å². The van der Waals surface area contributed by atoms with Gasteiger partial charge in [-0.25, -0.2) is 0 Å². The molecular formula is C11H12Cl2N4OS. The first-order valence-electron chi connectivity index (χ1n) is 5.67. The minimum absolute atomic E-state index is 0.0441. The van der Waals surface area contributed by atoms with Crippen LogP contribution in [0.4, 0.5) is 0 Å². The topological polar surface area (TPSA) is 59.3 Å². The molecule has 2 heterocycles. The number of hydrogen-bond donors (Lipinski definition) is 1. The summed E-state index contributed by atoms with van der Waals surface area (Å²) in [7, 11) is 0. The summed E-state index contributed by atoms with van der Waals surface area (Å²) in [6.45, 7) is 4.28. The summed E-state index contributed by atoms with van der Waals surface area (Å²) >= 11 is 13.3. The van der Waals surface area contributed by atoms with Crippen LogP contribution in [-0.2, 0) is 4.79 Å². The normalized spacial score (nSPS) is 12.6. The number of rotatable bonds is 4. The molecular weight excluding hydrogens is 307 g/mol. The fourth-order valence-electron chi connectivity index (χ4n) is 1.51. The van der Waals surface area contributed by atoms with E-state index in [4.69, 9.17) is 23.2 Å². The fraction of sp³-hybridized carbons (Fsp3) is 0.364. The van der Waals surface area contributed by atoms with Gasteiger partial charge in [0.15, 0.2) is 10.8 Å². The lowest BCUT2D eigenvalue weighted by Crippen LogP contribution is -2.30. The minimum Gasteiger partial charge on any atom is -0.355 e. The Bertz CT molecular complexity index is 616. The number of pyridine rings is 1. The number of hydrogen-bond acceptors (Lipinski definition) is 4. The number of fused-ring (bicyclic) bond motifs is 1. The molecule has 5 nitrogen and oxygen atoms in total.